The average Bonchev–Trinajstić information content (AvgIpc) is 2.28. The van der Waals surface area contributed by atoms with Crippen molar-refractivity contribution in [2.45, 2.75) is 19.4 Å². The summed E-state index contributed by atoms with van der Waals surface area (Å²) < 4.78 is 10.2. The molecule has 0 saturated carbocycles. The molecule has 1 atom stereocenters. The predicted octanol–water partition coefficient (Wildman–Crippen LogP) is 1.73. The summed E-state index contributed by atoms with van der Waals surface area (Å²) >= 11 is 0. The number of carbonyl (C=O) groups is 1. The molecule has 16 heavy (non-hydrogen) atoms. The smallest absolute Gasteiger partial charge is 0.333 e. The molecule has 1 aromatic rings. The zero-order chi connectivity index (χ0) is 12.0. The van der Waals surface area contributed by atoms with Gasteiger partial charge in [0.25, 0.3) is 0 Å². The summed E-state index contributed by atoms with van der Waals surface area (Å²) in [7, 11) is 1.40. The van der Waals surface area contributed by atoms with Gasteiger partial charge in [-0.2, -0.15) is 0 Å². The fourth-order valence-corrected chi connectivity index (χ4v) is 1.37. The van der Waals surface area contributed by atoms with E-state index in [1.165, 1.54) is 7.11 Å². The van der Waals surface area contributed by atoms with Crippen molar-refractivity contribution < 1.29 is 19.4 Å². The van der Waals surface area contributed by atoms with Gasteiger partial charge in [-0.15, -0.1) is 0 Å². The largest absolute Gasteiger partial charge is 0.494 e. The van der Waals surface area contributed by atoms with Crippen molar-refractivity contribution in [3.8, 4) is 5.75 Å². The fraction of sp³-hybridized carbons (Fsp3) is 0.417. The minimum absolute atomic E-state index is 0.359. The van der Waals surface area contributed by atoms with Gasteiger partial charge < -0.3 is 14.6 Å². The molecule has 88 valence electrons. The van der Waals surface area contributed by atoms with Crippen LogP contribution in [0.4, 0.5) is 0 Å². The van der Waals surface area contributed by atoms with E-state index in [0.29, 0.717) is 13.0 Å². The summed E-state index contributed by atoms with van der Waals surface area (Å²) in [5.41, 5.74) is 0.915. The maximum Gasteiger partial charge on any atom is 0.333 e. The highest BCUT2D eigenvalue weighted by molar-refractivity contribution is 5.72. The van der Waals surface area contributed by atoms with E-state index in [4.69, 9.17) is 14.6 Å². The van der Waals surface area contributed by atoms with Gasteiger partial charge >= 0.3 is 5.97 Å². The van der Waals surface area contributed by atoms with E-state index in [0.717, 1.165) is 11.3 Å². The Morgan fingerprint density at radius 3 is 2.44 bits per heavy atom. The van der Waals surface area contributed by atoms with Crippen molar-refractivity contribution in [2.75, 3.05) is 13.7 Å². The van der Waals surface area contributed by atoms with Gasteiger partial charge in [0.15, 0.2) is 6.10 Å². The molecule has 0 fully saturated rings. The molecule has 0 heterocycles. The van der Waals surface area contributed by atoms with Crippen LogP contribution in [-0.2, 0) is 16.0 Å². The third-order valence-corrected chi connectivity index (χ3v) is 2.22. The van der Waals surface area contributed by atoms with Gasteiger partial charge in [0.1, 0.15) is 5.75 Å². The summed E-state index contributed by atoms with van der Waals surface area (Å²) in [4.78, 5) is 10.8. The maximum atomic E-state index is 10.8. The van der Waals surface area contributed by atoms with Gasteiger partial charge in [-0.25, -0.2) is 4.79 Å². The Balaban J connectivity index is 2.63. The Morgan fingerprint density at radius 2 is 2.00 bits per heavy atom. The first-order valence-electron chi connectivity index (χ1n) is 5.14. The van der Waals surface area contributed by atoms with Crippen molar-refractivity contribution >= 4 is 5.97 Å². The van der Waals surface area contributed by atoms with Crippen LogP contribution in [0.25, 0.3) is 0 Å². The zero-order valence-electron chi connectivity index (χ0n) is 9.47. The number of ether oxygens (including phenoxy) is 2. The molecule has 1 N–H and O–H groups in total. The third kappa shape index (κ3) is 3.55. The Kier molecular flexibility index (Phi) is 4.79. The molecular weight excluding hydrogens is 208 g/mol. The number of carboxylic acid groups (broad SMARTS) is 1. The van der Waals surface area contributed by atoms with Crippen molar-refractivity contribution in [1.82, 2.24) is 0 Å². The molecule has 0 saturated heterocycles. The van der Waals surface area contributed by atoms with Gasteiger partial charge in [-0.1, -0.05) is 12.1 Å². The van der Waals surface area contributed by atoms with Crippen LogP contribution in [0.15, 0.2) is 24.3 Å². The van der Waals surface area contributed by atoms with Gasteiger partial charge in [0.05, 0.1) is 6.61 Å². The van der Waals surface area contributed by atoms with Gasteiger partial charge in [0.2, 0.25) is 0 Å². The van der Waals surface area contributed by atoms with Crippen LogP contribution >= 0.6 is 0 Å². The second kappa shape index (κ2) is 6.12. The molecule has 0 amide bonds. The highest BCUT2D eigenvalue weighted by atomic mass is 16.5. The van der Waals surface area contributed by atoms with Crippen LogP contribution < -0.4 is 4.74 Å². The molecule has 4 nitrogen and oxygen atoms in total. The highest BCUT2D eigenvalue weighted by Gasteiger charge is 2.16. The molecular formula is C12H16O4. The topological polar surface area (TPSA) is 55.8 Å². The van der Waals surface area contributed by atoms with Gasteiger partial charge in [0, 0.05) is 13.5 Å². The Morgan fingerprint density at radius 1 is 1.38 bits per heavy atom. The normalized spacial score (nSPS) is 12.1. The number of hydrogen-bond acceptors (Lipinski definition) is 3. The molecule has 4 heteroatoms. The monoisotopic (exact) mass is 224 g/mol. The van der Waals surface area contributed by atoms with Crippen LogP contribution in [-0.4, -0.2) is 30.9 Å². The molecule has 0 aliphatic carbocycles. The van der Waals surface area contributed by atoms with Crippen LogP contribution in [0.1, 0.15) is 12.5 Å². The maximum absolute atomic E-state index is 10.8. The zero-order valence-corrected chi connectivity index (χ0v) is 9.47. The quantitative estimate of drug-likeness (QED) is 0.799. The summed E-state index contributed by atoms with van der Waals surface area (Å²) in [5, 5.41) is 8.82. The molecule has 0 aliphatic heterocycles. The molecule has 0 unspecified atom stereocenters. The first-order chi connectivity index (χ1) is 7.67. The third-order valence-electron chi connectivity index (χ3n) is 2.22. The van der Waals surface area contributed by atoms with E-state index in [1.807, 2.05) is 31.2 Å². The summed E-state index contributed by atoms with van der Waals surface area (Å²) in [5.74, 6) is -0.160. The average molecular weight is 224 g/mol. The predicted molar refractivity (Wildman–Crippen MR) is 59.7 cm³/mol. The van der Waals surface area contributed by atoms with Crippen LogP contribution in [0.2, 0.25) is 0 Å². The first kappa shape index (κ1) is 12.5. The van der Waals surface area contributed by atoms with E-state index in [2.05, 4.69) is 0 Å². The molecule has 1 rings (SSSR count). The Hall–Kier alpha value is -1.55. The van der Waals surface area contributed by atoms with Crippen molar-refractivity contribution in [2.24, 2.45) is 0 Å². The fourth-order valence-electron chi connectivity index (χ4n) is 1.37. The lowest BCUT2D eigenvalue weighted by Gasteiger charge is -2.10. The second-order valence-corrected chi connectivity index (χ2v) is 3.34. The van der Waals surface area contributed by atoms with Crippen LogP contribution in [0, 0.1) is 0 Å². The molecule has 0 aliphatic rings. The number of benzene rings is 1. The SMILES string of the molecule is CCOc1ccc(C[C@H](OC)C(=O)O)cc1. The minimum atomic E-state index is -0.948. The van der Waals surface area contributed by atoms with E-state index in [9.17, 15) is 4.79 Å². The van der Waals surface area contributed by atoms with Crippen molar-refractivity contribution in [1.29, 1.82) is 0 Å². The summed E-state index contributed by atoms with van der Waals surface area (Å²) in [6, 6.07) is 7.35. The standard InChI is InChI=1S/C12H16O4/c1-3-16-10-6-4-9(5-7-10)8-11(15-2)12(13)14/h4-7,11H,3,8H2,1-2H3,(H,13,14)/t11-/m0/s1. The van der Waals surface area contributed by atoms with E-state index < -0.39 is 12.1 Å². The van der Waals surface area contributed by atoms with E-state index in [-0.39, 0.29) is 0 Å². The molecule has 0 radical (unpaired) electrons. The highest BCUT2D eigenvalue weighted by Crippen LogP contribution is 2.14. The molecule has 0 aromatic heterocycles. The van der Waals surface area contributed by atoms with Crippen molar-refractivity contribution in [3.63, 3.8) is 0 Å². The molecule has 0 bridgehead atoms. The number of methoxy groups -OCH3 is 1. The van der Waals surface area contributed by atoms with Crippen molar-refractivity contribution in [3.05, 3.63) is 29.8 Å². The van der Waals surface area contributed by atoms with Crippen LogP contribution in [0.3, 0.4) is 0 Å². The number of rotatable bonds is 6. The molecule has 0 spiro atoms. The Bertz CT molecular complexity index is 331. The summed E-state index contributed by atoms with van der Waals surface area (Å²) in [6.45, 7) is 2.54. The molecule has 1 aromatic carbocycles. The number of aliphatic carboxylic acids is 1. The second-order valence-electron chi connectivity index (χ2n) is 3.34. The number of carboxylic acids is 1. The van der Waals surface area contributed by atoms with E-state index in [1.54, 1.807) is 0 Å². The number of hydrogen-bond donors (Lipinski definition) is 1. The van der Waals surface area contributed by atoms with Crippen LogP contribution in [0.5, 0.6) is 5.75 Å². The lowest BCUT2D eigenvalue weighted by Crippen LogP contribution is -2.24. The minimum Gasteiger partial charge on any atom is -0.494 e. The Labute approximate surface area is 94.8 Å². The van der Waals surface area contributed by atoms with Gasteiger partial charge in [-0.3, -0.25) is 0 Å². The lowest BCUT2D eigenvalue weighted by atomic mass is 10.1. The first-order valence-corrected chi connectivity index (χ1v) is 5.14. The lowest BCUT2D eigenvalue weighted by molar-refractivity contribution is -0.148. The summed E-state index contributed by atoms with van der Waals surface area (Å²) in [6.07, 6.45) is -0.434. The van der Waals surface area contributed by atoms with E-state index >= 15 is 0 Å². The van der Waals surface area contributed by atoms with Gasteiger partial charge in [-0.05, 0) is 24.6 Å².